The Bertz CT molecular complexity index is 1150. The molecule has 0 saturated carbocycles. The highest BCUT2D eigenvalue weighted by Crippen LogP contribution is 2.30. The van der Waals surface area contributed by atoms with Crippen molar-refractivity contribution in [2.75, 3.05) is 38.7 Å². The van der Waals surface area contributed by atoms with Crippen molar-refractivity contribution in [3.05, 3.63) is 71.5 Å². The fraction of sp³-hybridized carbons (Fsp3) is 0.333. The summed E-state index contributed by atoms with van der Waals surface area (Å²) in [5, 5.41) is 10.1. The van der Waals surface area contributed by atoms with Gasteiger partial charge in [-0.3, -0.25) is 14.9 Å². The van der Waals surface area contributed by atoms with Gasteiger partial charge in [-0.2, -0.15) is 5.10 Å². The van der Waals surface area contributed by atoms with Crippen molar-refractivity contribution >= 4 is 11.8 Å². The number of hydrogen-bond donors (Lipinski definition) is 2. The lowest BCUT2D eigenvalue weighted by Gasteiger charge is -2.21. The molecular formula is C24H26F3N5O2. The maximum Gasteiger partial charge on any atom is 0.320 e. The number of amides is 2. The summed E-state index contributed by atoms with van der Waals surface area (Å²) in [6.07, 6.45) is 0. The molecule has 1 aromatic heterocycles. The molecule has 0 bridgehead atoms. The normalized spacial score (nSPS) is 18.3. The molecule has 4 rings (SSSR count). The minimum Gasteiger partial charge on any atom is -0.383 e. The van der Waals surface area contributed by atoms with Crippen LogP contribution in [0.4, 0.5) is 23.8 Å². The lowest BCUT2D eigenvalue weighted by molar-refractivity contribution is 0.159. The molecule has 2 aromatic carbocycles. The van der Waals surface area contributed by atoms with Crippen LogP contribution in [0.2, 0.25) is 0 Å². The number of nitrogens with zero attached hydrogens (tertiary/aromatic N) is 3. The Morgan fingerprint density at radius 3 is 2.53 bits per heavy atom. The summed E-state index contributed by atoms with van der Waals surface area (Å²) in [7, 11) is 3.28. The van der Waals surface area contributed by atoms with Crippen molar-refractivity contribution in [1.82, 2.24) is 20.0 Å². The van der Waals surface area contributed by atoms with Crippen LogP contribution in [0, 0.1) is 17.5 Å². The molecule has 0 radical (unpaired) electrons. The average Bonchev–Trinajstić information content (AvgIpc) is 3.36. The number of urea groups is 1. The molecule has 10 heteroatoms. The minimum absolute atomic E-state index is 0.347. The number of methoxy groups -OCH3 is 1. The van der Waals surface area contributed by atoms with Gasteiger partial charge in [0, 0.05) is 57.4 Å². The van der Waals surface area contributed by atoms with E-state index < -0.39 is 23.7 Å². The van der Waals surface area contributed by atoms with E-state index in [-0.39, 0.29) is 11.7 Å². The lowest BCUT2D eigenvalue weighted by atomic mass is 9.94. The van der Waals surface area contributed by atoms with Gasteiger partial charge in [0.2, 0.25) is 0 Å². The first-order chi connectivity index (χ1) is 16.3. The third kappa shape index (κ3) is 5.40. The van der Waals surface area contributed by atoms with Gasteiger partial charge in [-0.05, 0) is 35.9 Å². The fourth-order valence-corrected chi connectivity index (χ4v) is 4.22. The zero-order chi connectivity index (χ0) is 24.2. The number of benzene rings is 2. The topological polar surface area (TPSA) is 71.4 Å². The van der Waals surface area contributed by atoms with Crippen molar-refractivity contribution in [2.24, 2.45) is 7.05 Å². The minimum atomic E-state index is -0.647. The van der Waals surface area contributed by atoms with Gasteiger partial charge in [0.1, 0.15) is 23.3 Å². The zero-order valence-electron chi connectivity index (χ0n) is 18.9. The van der Waals surface area contributed by atoms with E-state index in [1.165, 1.54) is 28.9 Å². The predicted molar refractivity (Wildman–Crippen MR) is 122 cm³/mol. The smallest absolute Gasteiger partial charge is 0.320 e. The van der Waals surface area contributed by atoms with Gasteiger partial charge in [0.25, 0.3) is 0 Å². The van der Waals surface area contributed by atoms with E-state index in [0.29, 0.717) is 48.9 Å². The standard InChI is InChI=1S/C24H26F3N5O2/c1-31-23(12-21(30-31)15-3-5-16(25)6-4-15)29-24(33)28-22-14-32(9-10-34-2)13-19(22)18-8-7-17(26)11-20(18)27/h3-8,11-12,19,22H,9-10,13-14H2,1-2H3,(H2,28,29,33)/t19-,22+/m0/s1. The van der Waals surface area contributed by atoms with E-state index in [9.17, 15) is 18.0 Å². The van der Waals surface area contributed by atoms with E-state index in [1.807, 2.05) is 0 Å². The lowest BCUT2D eigenvalue weighted by Crippen LogP contribution is -2.42. The maximum absolute atomic E-state index is 14.5. The molecule has 0 aliphatic carbocycles. The number of carbonyl (C=O) groups is 1. The van der Waals surface area contributed by atoms with Crippen molar-refractivity contribution in [1.29, 1.82) is 0 Å². The van der Waals surface area contributed by atoms with E-state index >= 15 is 0 Å². The molecule has 2 heterocycles. The third-order valence-electron chi connectivity index (χ3n) is 5.95. The second-order valence-electron chi connectivity index (χ2n) is 8.27. The summed E-state index contributed by atoms with van der Waals surface area (Å²) in [6, 6.07) is 10.2. The van der Waals surface area contributed by atoms with Crippen LogP contribution in [-0.2, 0) is 11.8 Å². The van der Waals surface area contributed by atoms with Gasteiger partial charge in [0.15, 0.2) is 0 Å². The Kier molecular flexibility index (Phi) is 7.18. The van der Waals surface area contributed by atoms with Gasteiger partial charge in [-0.1, -0.05) is 6.07 Å². The molecule has 180 valence electrons. The van der Waals surface area contributed by atoms with Crippen LogP contribution in [0.15, 0.2) is 48.5 Å². The highest BCUT2D eigenvalue weighted by atomic mass is 19.1. The fourth-order valence-electron chi connectivity index (χ4n) is 4.22. The number of aromatic nitrogens is 2. The number of nitrogens with one attached hydrogen (secondary N) is 2. The van der Waals surface area contributed by atoms with Gasteiger partial charge >= 0.3 is 6.03 Å². The van der Waals surface area contributed by atoms with E-state index in [2.05, 4.69) is 20.6 Å². The summed E-state index contributed by atoms with van der Waals surface area (Å²) in [4.78, 5) is 14.9. The Balaban J connectivity index is 1.48. The number of likely N-dealkylation sites (tertiary alicyclic amines) is 1. The van der Waals surface area contributed by atoms with Gasteiger partial charge in [-0.15, -0.1) is 0 Å². The molecule has 2 atom stereocenters. The number of halogens is 3. The summed E-state index contributed by atoms with van der Waals surface area (Å²) >= 11 is 0. The average molecular weight is 473 g/mol. The predicted octanol–water partition coefficient (Wildman–Crippen LogP) is 3.74. The Labute approximate surface area is 195 Å². The first-order valence-electron chi connectivity index (χ1n) is 10.9. The van der Waals surface area contributed by atoms with Crippen LogP contribution in [0.25, 0.3) is 11.3 Å². The van der Waals surface area contributed by atoms with Crippen molar-refractivity contribution in [3.63, 3.8) is 0 Å². The Morgan fingerprint density at radius 2 is 1.82 bits per heavy atom. The first kappa shape index (κ1) is 23.8. The number of ether oxygens (including phenoxy) is 1. The van der Waals surface area contributed by atoms with Crippen molar-refractivity contribution in [3.8, 4) is 11.3 Å². The van der Waals surface area contributed by atoms with Crippen LogP contribution >= 0.6 is 0 Å². The quantitative estimate of drug-likeness (QED) is 0.549. The number of aryl methyl sites for hydroxylation is 1. The number of carbonyl (C=O) groups excluding carboxylic acids is 1. The second-order valence-corrected chi connectivity index (χ2v) is 8.27. The van der Waals surface area contributed by atoms with E-state index in [4.69, 9.17) is 4.74 Å². The molecular weight excluding hydrogens is 447 g/mol. The number of rotatable bonds is 7. The molecule has 7 nitrogen and oxygen atoms in total. The van der Waals surface area contributed by atoms with Gasteiger partial charge < -0.3 is 10.1 Å². The number of anilines is 1. The SMILES string of the molecule is COCCN1C[C@@H](NC(=O)Nc2cc(-c3ccc(F)cc3)nn2C)[C@H](c2ccc(F)cc2F)C1. The third-order valence-corrected chi connectivity index (χ3v) is 5.95. The van der Waals surface area contributed by atoms with Crippen LogP contribution in [0.1, 0.15) is 11.5 Å². The number of hydrogen-bond acceptors (Lipinski definition) is 4. The summed E-state index contributed by atoms with van der Waals surface area (Å²) in [6.45, 7) is 2.11. The molecule has 1 saturated heterocycles. The largest absolute Gasteiger partial charge is 0.383 e. The van der Waals surface area contributed by atoms with E-state index in [0.717, 1.165) is 6.07 Å². The maximum atomic E-state index is 14.5. The molecule has 2 N–H and O–H groups in total. The second kappa shape index (κ2) is 10.3. The van der Waals surface area contributed by atoms with Crippen LogP contribution in [0.3, 0.4) is 0 Å². The zero-order valence-corrected chi connectivity index (χ0v) is 18.9. The van der Waals surface area contributed by atoms with Crippen LogP contribution < -0.4 is 10.6 Å². The monoisotopic (exact) mass is 473 g/mol. The van der Waals surface area contributed by atoms with Crippen LogP contribution in [0.5, 0.6) is 0 Å². The summed E-state index contributed by atoms with van der Waals surface area (Å²) in [5.41, 5.74) is 1.64. The highest BCUT2D eigenvalue weighted by Gasteiger charge is 2.36. The summed E-state index contributed by atoms with van der Waals surface area (Å²) < 4.78 is 47.8. The molecule has 1 aliphatic rings. The van der Waals surface area contributed by atoms with Crippen molar-refractivity contribution in [2.45, 2.75) is 12.0 Å². The first-order valence-corrected chi connectivity index (χ1v) is 10.9. The molecule has 1 fully saturated rings. The van der Waals surface area contributed by atoms with E-state index in [1.54, 1.807) is 32.4 Å². The Hall–Kier alpha value is -3.37. The molecule has 0 spiro atoms. The molecule has 3 aromatic rings. The van der Waals surface area contributed by atoms with Gasteiger partial charge in [-0.25, -0.2) is 18.0 Å². The van der Waals surface area contributed by atoms with Crippen molar-refractivity contribution < 1.29 is 22.7 Å². The Morgan fingerprint density at radius 1 is 1.09 bits per heavy atom. The van der Waals surface area contributed by atoms with Gasteiger partial charge in [0.05, 0.1) is 18.3 Å². The highest BCUT2D eigenvalue weighted by molar-refractivity contribution is 5.89. The molecule has 1 aliphatic heterocycles. The molecule has 0 unspecified atom stereocenters. The summed E-state index contributed by atoms with van der Waals surface area (Å²) in [5.74, 6) is -1.55. The molecule has 34 heavy (non-hydrogen) atoms. The molecule has 2 amide bonds. The van der Waals surface area contributed by atoms with Crippen LogP contribution in [-0.4, -0.2) is 60.1 Å².